The normalized spacial score (nSPS) is 11.1. The summed E-state index contributed by atoms with van der Waals surface area (Å²) in [6.45, 7) is 5.56. The number of carbonyl (C=O) groups is 1. The van der Waals surface area contributed by atoms with Crippen LogP contribution in [-0.2, 0) is 10.0 Å². The van der Waals surface area contributed by atoms with Gasteiger partial charge in [0.1, 0.15) is 0 Å². The van der Waals surface area contributed by atoms with Gasteiger partial charge in [-0.15, -0.1) is 0 Å². The van der Waals surface area contributed by atoms with Gasteiger partial charge in [-0.1, -0.05) is 35.9 Å². The Labute approximate surface area is 165 Å². The van der Waals surface area contributed by atoms with Crippen LogP contribution < -0.4 is 10.0 Å². The van der Waals surface area contributed by atoms with Gasteiger partial charge in [0.05, 0.1) is 4.90 Å². The zero-order valence-electron chi connectivity index (χ0n) is 16.0. The van der Waals surface area contributed by atoms with Crippen LogP contribution in [0.3, 0.4) is 0 Å². The van der Waals surface area contributed by atoms with E-state index in [0.717, 1.165) is 11.1 Å². The monoisotopic (exact) mass is 394 g/mol. The fraction of sp³-hybridized carbons (Fsp3) is 0.136. The van der Waals surface area contributed by atoms with E-state index in [0.29, 0.717) is 16.9 Å². The highest BCUT2D eigenvalue weighted by Crippen LogP contribution is 2.22. The third-order valence-electron chi connectivity index (χ3n) is 4.32. The maximum absolute atomic E-state index is 12.8. The average molecular weight is 394 g/mol. The van der Waals surface area contributed by atoms with Crippen molar-refractivity contribution in [2.75, 3.05) is 10.0 Å². The first-order valence-corrected chi connectivity index (χ1v) is 10.3. The standard InChI is InChI=1S/C22H22N2O3S/c1-15-7-11-19(12-8-15)24-28(26,27)21-14-18(10-9-17(21)3)22(25)23-20-6-4-5-16(2)13-20/h4-14,24H,1-3H3,(H,23,25). The SMILES string of the molecule is Cc1ccc(NS(=O)(=O)c2cc(C(=O)Nc3cccc(C)c3)ccc2C)cc1. The van der Waals surface area contributed by atoms with Crippen molar-refractivity contribution >= 4 is 27.3 Å². The molecule has 0 saturated carbocycles. The predicted octanol–water partition coefficient (Wildman–Crippen LogP) is 4.66. The number of nitrogens with one attached hydrogen (secondary N) is 2. The molecule has 0 spiro atoms. The Hall–Kier alpha value is -3.12. The number of aryl methyl sites for hydroxylation is 3. The number of carbonyl (C=O) groups excluding carboxylic acids is 1. The van der Waals surface area contributed by atoms with E-state index in [4.69, 9.17) is 0 Å². The minimum Gasteiger partial charge on any atom is -0.322 e. The molecular formula is C22H22N2O3S. The molecule has 144 valence electrons. The summed E-state index contributed by atoms with van der Waals surface area (Å²) in [5.74, 6) is -0.364. The van der Waals surface area contributed by atoms with Crippen LogP contribution in [0.25, 0.3) is 0 Å². The Kier molecular flexibility index (Phi) is 5.51. The molecule has 3 aromatic carbocycles. The lowest BCUT2D eigenvalue weighted by atomic mass is 10.1. The summed E-state index contributed by atoms with van der Waals surface area (Å²) in [6.07, 6.45) is 0. The van der Waals surface area contributed by atoms with E-state index in [1.807, 2.05) is 44.2 Å². The minimum atomic E-state index is -3.82. The van der Waals surface area contributed by atoms with E-state index in [9.17, 15) is 13.2 Å². The Bertz CT molecular complexity index is 1120. The molecule has 0 unspecified atom stereocenters. The summed E-state index contributed by atoms with van der Waals surface area (Å²) in [7, 11) is -3.82. The minimum absolute atomic E-state index is 0.0740. The lowest BCUT2D eigenvalue weighted by molar-refractivity contribution is 0.102. The smallest absolute Gasteiger partial charge is 0.262 e. The largest absolute Gasteiger partial charge is 0.322 e. The molecule has 0 fully saturated rings. The number of benzene rings is 3. The van der Waals surface area contributed by atoms with E-state index >= 15 is 0 Å². The van der Waals surface area contributed by atoms with Crippen molar-refractivity contribution < 1.29 is 13.2 Å². The van der Waals surface area contributed by atoms with Gasteiger partial charge in [0, 0.05) is 16.9 Å². The van der Waals surface area contributed by atoms with Crippen molar-refractivity contribution in [1.82, 2.24) is 0 Å². The van der Waals surface area contributed by atoms with Crippen molar-refractivity contribution in [3.63, 3.8) is 0 Å². The molecule has 3 rings (SSSR count). The quantitative estimate of drug-likeness (QED) is 0.661. The summed E-state index contributed by atoms with van der Waals surface area (Å²) in [5, 5.41) is 2.80. The van der Waals surface area contributed by atoms with Gasteiger partial charge in [-0.2, -0.15) is 0 Å². The second-order valence-corrected chi connectivity index (χ2v) is 8.43. The highest BCUT2D eigenvalue weighted by atomic mass is 32.2. The summed E-state index contributed by atoms with van der Waals surface area (Å²) >= 11 is 0. The van der Waals surface area contributed by atoms with Crippen molar-refractivity contribution in [3.05, 3.63) is 89.0 Å². The van der Waals surface area contributed by atoms with Gasteiger partial charge in [0.25, 0.3) is 15.9 Å². The molecule has 3 aromatic rings. The molecule has 5 nitrogen and oxygen atoms in total. The molecule has 0 saturated heterocycles. The molecule has 0 aliphatic heterocycles. The van der Waals surface area contributed by atoms with Gasteiger partial charge in [-0.25, -0.2) is 8.42 Å². The maximum Gasteiger partial charge on any atom is 0.262 e. The highest BCUT2D eigenvalue weighted by molar-refractivity contribution is 7.92. The Balaban J connectivity index is 1.87. The lowest BCUT2D eigenvalue weighted by Crippen LogP contribution is -2.17. The number of anilines is 2. The van der Waals surface area contributed by atoms with E-state index in [2.05, 4.69) is 10.0 Å². The summed E-state index contributed by atoms with van der Waals surface area (Å²) in [5.41, 5.74) is 4.02. The molecule has 6 heteroatoms. The summed E-state index contributed by atoms with van der Waals surface area (Å²) in [4.78, 5) is 12.7. The average Bonchev–Trinajstić information content (AvgIpc) is 2.63. The molecule has 28 heavy (non-hydrogen) atoms. The molecule has 0 bridgehead atoms. The van der Waals surface area contributed by atoms with E-state index < -0.39 is 10.0 Å². The second kappa shape index (κ2) is 7.86. The first-order valence-electron chi connectivity index (χ1n) is 8.83. The number of sulfonamides is 1. The van der Waals surface area contributed by atoms with Crippen LogP contribution in [0, 0.1) is 20.8 Å². The van der Waals surface area contributed by atoms with Crippen LogP contribution in [0.15, 0.2) is 71.6 Å². The molecule has 0 aromatic heterocycles. The number of hydrogen-bond acceptors (Lipinski definition) is 3. The van der Waals surface area contributed by atoms with Crippen LogP contribution in [0.2, 0.25) is 0 Å². The van der Waals surface area contributed by atoms with Crippen molar-refractivity contribution in [2.24, 2.45) is 0 Å². The highest BCUT2D eigenvalue weighted by Gasteiger charge is 2.19. The van der Waals surface area contributed by atoms with Crippen LogP contribution in [-0.4, -0.2) is 14.3 Å². The fourth-order valence-corrected chi connectivity index (χ4v) is 4.12. The van der Waals surface area contributed by atoms with Gasteiger partial charge < -0.3 is 5.32 Å². The molecular weight excluding hydrogens is 372 g/mol. The Morgan fingerprint density at radius 2 is 1.50 bits per heavy atom. The van der Waals surface area contributed by atoms with E-state index in [1.54, 1.807) is 37.3 Å². The summed E-state index contributed by atoms with van der Waals surface area (Å²) < 4.78 is 28.3. The van der Waals surface area contributed by atoms with Gasteiger partial charge >= 0.3 is 0 Å². The molecule has 0 heterocycles. The molecule has 0 aliphatic carbocycles. The predicted molar refractivity (Wildman–Crippen MR) is 112 cm³/mol. The fourth-order valence-electron chi connectivity index (χ4n) is 2.79. The number of amides is 1. The van der Waals surface area contributed by atoms with Crippen LogP contribution in [0.4, 0.5) is 11.4 Å². The first-order chi connectivity index (χ1) is 13.2. The molecule has 0 radical (unpaired) electrons. The van der Waals surface area contributed by atoms with Crippen molar-refractivity contribution in [3.8, 4) is 0 Å². The Morgan fingerprint density at radius 1 is 0.786 bits per heavy atom. The maximum atomic E-state index is 12.8. The van der Waals surface area contributed by atoms with E-state index in [-0.39, 0.29) is 16.4 Å². The Morgan fingerprint density at radius 3 is 2.18 bits per heavy atom. The van der Waals surface area contributed by atoms with Crippen LogP contribution >= 0.6 is 0 Å². The van der Waals surface area contributed by atoms with E-state index in [1.165, 1.54) is 6.07 Å². The lowest BCUT2D eigenvalue weighted by Gasteiger charge is -2.12. The zero-order chi connectivity index (χ0) is 20.3. The summed E-state index contributed by atoms with van der Waals surface area (Å²) in [6, 6.07) is 19.1. The van der Waals surface area contributed by atoms with Crippen molar-refractivity contribution in [2.45, 2.75) is 25.7 Å². The topological polar surface area (TPSA) is 75.3 Å². The van der Waals surface area contributed by atoms with Gasteiger partial charge in [-0.05, 0) is 68.3 Å². The van der Waals surface area contributed by atoms with Gasteiger partial charge in [0.15, 0.2) is 0 Å². The first kappa shape index (κ1) is 19.6. The molecule has 0 aliphatic rings. The van der Waals surface area contributed by atoms with Crippen molar-refractivity contribution in [1.29, 1.82) is 0 Å². The molecule has 0 atom stereocenters. The second-order valence-electron chi connectivity index (χ2n) is 6.78. The van der Waals surface area contributed by atoms with Crippen LogP contribution in [0.1, 0.15) is 27.0 Å². The van der Waals surface area contributed by atoms with Gasteiger partial charge in [-0.3, -0.25) is 9.52 Å². The number of rotatable bonds is 5. The third kappa shape index (κ3) is 4.58. The molecule has 2 N–H and O–H groups in total. The molecule has 1 amide bonds. The van der Waals surface area contributed by atoms with Crippen LogP contribution in [0.5, 0.6) is 0 Å². The van der Waals surface area contributed by atoms with Gasteiger partial charge in [0.2, 0.25) is 0 Å². The zero-order valence-corrected chi connectivity index (χ0v) is 16.8. The third-order valence-corrected chi connectivity index (χ3v) is 5.84. The number of hydrogen-bond donors (Lipinski definition) is 2.